The smallest absolute Gasteiger partial charge is 0.187 e. The van der Waals surface area contributed by atoms with Crippen LogP contribution < -0.4 is 0 Å². The summed E-state index contributed by atoms with van der Waals surface area (Å²) in [5, 5.41) is 21.1. The second kappa shape index (κ2) is 4.53. The summed E-state index contributed by atoms with van der Waals surface area (Å²) in [6.45, 7) is 2.03. The molecule has 0 aliphatic rings. The van der Waals surface area contributed by atoms with Crippen molar-refractivity contribution >= 4 is 0 Å². The maximum Gasteiger partial charge on any atom is 0.187 e. The number of benzene rings is 2. The van der Waals surface area contributed by atoms with Crippen LogP contribution in [0.1, 0.15) is 5.56 Å². The van der Waals surface area contributed by atoms with Crippen LogP contribution in [0, 0.1) is 6.92 Å². The number of tetrazole rings is 1. The highest BCUT2D eigenvalue weighted by molar-refractivity contribution is 5.57. The van der Waals surface area contributed by atoms with Crippen LogP contribution in [0.5, 0.6) is 5.75 Å². The molecule has 0 radical (unpaired) electrons. The molecule has 0 unspecified atom stereocenters. The summed E-state index contributed by atoms with van der Waals surface area (Å²) in [5.41, 5.74) is 2.94. The Morgan fingerprint density at radius 2 is 1.63 bits per heavy atom. The monoisotopic (exact) mass is 252 g/mol. The molecule has 1 heterocycles. The molecule has 2 aromatic carbocycles. The number of aryl methyl sites for hydroxylation is 1. The first-order valence-electron chi connectivity index (χ1n) is 5.89. The van der Waals surface area contributed by atoms with Crippen molar-refractivity contribution in [3.05, 3.63) is 54.1 Å². The lowest BCUT2D eigenvalue weighted by Crippen LogP contribution is -1.99. The fraction of sp³-hybridized carbons (Fsp3) is 0.0714. The molecule has 1 aromatic heterocycles. The van der Waals surface area contributed by atoms with Gasteiger partial charge in [-0.2, -0.15) is 4.68 Å². The summed E-state index contributed by atoms with van der Waals surface area (Å²) in [5.74, 6) is 0.888. The van der Waals surface area contributed by atoms with Crippen molar-refractivity contribution in [2.24, 2.45) is 0 Å². The maximum absolute atomic E-state index is 9.31. The predicted octanol–water partition coefficient (Wildman–Crippen LogP) is 2.34. The van der Waals surface area contributed by atoms with Crippen molar-refractivity contribution in [2.75, 3.05) is 0 Å². The molecular formula is C14H12N4O. The van der Waals surface area contributed by atoms with Gasteiger partial charge in [0.15, 0.2) is 5.82 Å². The molecule has 0 spiro atoms. The van der Waals surface area contributed by atoms with Crippen molar-refractivity contribution < 1.29 is 5.11 Å². The highest BCUT2D eigenvalue weighted by Crippen LogP contribution is 2.20. The lowest BCUT2D eigenvalue weighted by molar-refractivity contribution is 0.475. The Morgan fingerprint density at radius 1 is 0.947 bits per heavy atom. The van der Waals surface area contributed by atoms with E-state index in [1.807, 2.05) is 31.2 Å². The quantitative estimate of drug-likeness (QED) is 0.760. The summed E-state index contributed by atoms with van der Waals surface area (Å²) in [6, 6.07) is 14.8. The van der Waals surface area contributed by atoms with Gasteiger partial charge in [0.05, 0.1) is 5.69 Å². The normalized spacial score (nSPS) is 10.6. The Balaban J connectivity index is 2.07. The van der Waals surface area contributed by atoms with Crippen molar-refractivity contribution in [3.8, 4) is 22.8 Å². The molecule has 0 saturated carbocycles. The molecule has 5 nitrogen and oxygen atoms in total. The van der Waals surface area contributed by atoms with E-state index in [2.05, 4.69) is 15.5 Å². The Bertz CT molecular complexity index is 626. The van der Waals surface area contributed by atoms with Gasteiger partial charge < -0.3 is 5.11 Å². The van der Waals surface area contributed by atoms with Gasteiger partial charge >= 0.3 is 0 Å². The van der Waals surface area contributed by atoms with Gasteiger partial charge in [-0.25, -0.2) is 0 Å². The van der Waals surface area contributed by atoms with Crippen LogP contribution in [0.4, 0.5) is 0 Å². The van der Waals surface area contributed by atoms with E-state index in [0.717, 1.165) is 11.3 Å². The van der Waals surface area contributed by atoms with Gasteiger partial charge in [-0.05, 0) is 41.6 Å². The van der Waals surface area contributed by atoms with Crippen LogP contribution in [-0.4, -0.2) is 25.3 Å². The summed E-state index contributed by atoms with van der Waals surface area (Å²) < 4.78 is 1.64. The standard InChI is InChI=1S/C14H12N4O/c1-10-2-4-11(5-3-10)14-15-16-17-18(14)12-6-8-13(19)9-7-12/h2-9,19H,1H3. The number of phenols is 1. The molecular weight excluding hydrogens is 240 g/mol. The largest absolute Gasteiger partial charge is 0.508 e. The van der Waals surface area contributed by atoms with Crippen molar-refractivity contribution in [1.29, 1.82) is 0 Å². The molecule has 0 aliphatic heterocycles. The number of phenolic OH excluding ortho intramolecular Hbond substituents is 1. The fourth-order valence-electron chi connectivity index (χ4n) is 1.84. The van der Waals surface area contributed by atoms with Crippen LogP contribution in [0.3, 0.4) is 0 Å². The number of nitrogens with zero attached hydrogens (tertiary/aromatic N) is 4. The summed E-state index contributed by atoms with van der Waals surface area (Å²) >= 11 is 0. The molecule has 0 saturated heterocycles. The molecule has 0 fully saturated rings. The second-order valence-electron chi connectivity index (χ2n) is 4.30. The van der Waals surface area contributed by atoms with E-state index in [9.17, 15) is 5.11 Å². The van der Waals surface area contributed by atoms with E-state index in [1.165, 1.54) is 5.56 Å². The van der Waals surface area contributed by atoms with Crippen LogP contribution in [0.15, 0.2) is 48.5 Å². The van der Waals surface area contributed by atoms with E-state index < -0.39 is 0 Å². The molecule has 19 heavy (non-hydrogen) atoms. The van der Waals surface area contributed by atoms with Crippen molar-refractivity contribution in [1.82, 2.24) is 20.2 Å². The summed E-state index contributed by atoms with van der Waals surface area (Å²) in [6.07, 6.45) is 0. The third-order valence-corrected chi connectivity index (χ3v) is 2.87. The zero-order chi connectivity index (χ0) is 13.2. The average molecular weight is 252 g/mol. The van der Waals surface area contributed by atoms with Crippen LogP contribution in [0.2, 0.25) is 0 Å². The summed E-state index contributed by atoms with van der Waals surface area (Å²) in [4.78, 5) is 0. The Hall–Kier alpha value is -2.69. The van der Waals surface area contributed by atoms with Crippen molar-refractivity contribution in [2.45, 2.75) is 6.92 Å². The molecule has 5 heteroatoms. The highest BCUT2D eigenvalue weighted by Gasteiger charge is 2.10. The Morgan fingerprint density at radius 3 is 2.32 bits per heavy atom. The third-order valence-electron chi connectivity index (χ3n) is 2.87. The predicted molar refractivity (Wildman–Crippen MR) is 71.0 cm³/mol. The summed E-state index contributed by atoms with van der Waals surface area (Å²) in [7, 11) is 0. The molecule has 0 amide bonds. The minimum atomic E-state index is 0.216. The fourth-order valence-corrected chi connectivity index (χ4v) is 1.84. The molecule has 0 atom stereocenters. The van der Waals surface area contributed by atoms with E-state index in [0.29, 0.717) is 5.82 Å². The maximum atomic E-state index is 9.31. The minimum absolute atomic E-state index is 0.216. The molecule has 0 bridgehead atoms. The number of hydrogen-bond donors (Lipinski definition) is 1. The van der Waals surface area contributed by atoms with E-state index in [1.54, 1.807) is 28.9 Å². The van der Waals surface area contributed by atoms with Crippen LogP contribution >= 0.6 is 0 Å². The van der Waals surface area contributed by atoms with Gasteiger partial charge in [0.25, 0.3) is 0 Å². The van der Waals surface area contributed by atoms with Gasteiger partial charge in [0.2, 0.25) is 0 Å². The molecule has 0 aliphatic carbocycles. The van der Waals surface area contributed by atoms with Gasteiger partial charge in [-0.1, -0.05) is 29.8 Å². The number of aromatic hydroxyl groups is 1. The zero-order valence-electron chi connectivity index (χ0n) is 10.4. The van der Waals surface area contributed by atoms with E-state index in [4.69, 9.17) is 0 Å². The number of hydrogen-bond acceptors (Lipinski definition) is 4. The number of aromatic nitrogens is 4. The number of rotatable bonds is 2. The van der Waals surface area contributed by atoms with Crippen LogP contribution in [0.25, 0.3) is 17.1 Å². The Labute approximate surface area is 110 Å². The molecule has 1 N–H and O–H groups in total. The first kappa shape index (κ1) is 11.4. The SMILES string of the molecule is Cc1ccc(-c2nnnn2-c2ccc(O)cc2)cc1. The van der Waals surface area contributed by atoms with Gasteiger partial charge in [0.1, 0.15) is 5.75 Å². The zero-order valence-corrected chi connectivity index (χ0v) is 10.4. The Kier molecular flexibility index (Phi) is 2.72. The highest BCUT2D eigenvalue weighted by atomic mass is 16.3. The van der Waals surface area contributed by atoms with Gasteiger partial charge in [0, 0.05) is 5.56 Å². The first-order chi connectivity index (χ1) is 9.24. The van der Waals surface area contributed by atoms with E-state index >= 15 is 0 Å². The first-order valence-corrected chi connectivity index (χ1v) is 5.89. The lowest BCUT2D eigenvalue weighted by atomic mass is 10.1. The second-order valence-corrected chi connectivity index (χ2v) is 4.30. The molecule has 3 rings (SSSR count). The van der Waals surface area contributed by atoms with Gasteiger partial charge in [-0.3, -0.25) is 0 Å². The molecule has 94 valence electrons. The third kappa shape index (κ3) is 2.18. The topological polar surface area (TPSA) is 63.8 Å². The van der Waals surface area contributed by atoms with Crippen molar-refractivity contribution in [3.63, 3.8) is 0 Å². The van der Waals surface area contributed by atoms with Crippen LogP contribution in [-0.2, 0) is 0 Å². The van der Waals surface area contributed by atoms with Gasteiger partial charge in [-0.15, -0.1) is 5.10 Å². The minimum Gasteiger partial charge on any atom is -0.508 e. The average Bonchev–Trinajstić information content (AvgIpc) is 2.90. The lowest BCUT2D eigenvalue weighted by Gasteiger charge is -2.05. The van der Waals surface area contributed by atoms with E-state index in [-0.39, 0.29) is 5.75 Å². The molecule has 3 aromatic rings.